The fourth-order valence-corrected chi connectivity index (χ4v) is 7.12. The molecule has 15 heteroatoms. The average Bonchev–Trinajstić information content (AvgIpc) is 3.99. The minimum absolute atomic E-state index is 0.0235. The number of benzene rings is 2. The summed E-state index contributed by atoms with van der Waals surface area (Å²) in [6.07, 6.45) is 4.87. The number of likely N-dealkylation sites (tertiary alicyclic amines) is 2. The lowest BCUT2D eigenvalue weighted by Crippen LogP contribution is -2.45. The van der Waals surface area contributed by atoms with Crippen molar-refractivity contribution in [2.75, 3.05) is 19.7 Å². The zero-order valence-corrected chi connectivity index (χ0v) is 33.1. The molecule has 0 spiro atoms. The second kappa shape index (κ2) is 16.8. The molecule has 2 aromatic carbocycles. The first-order chi connectivity index (χ1) is 26.7. The SMILES string of the molecule is CCOc1ccccc1C(=O)N1C[C@H](c2cc(C(C)(C)O)no2)CC[C@H]1C.C[C@@H]1CC[C@@H](c2cc(C(C)(C)O)no2)CN1C(=O)c1ccccc1-n1ncnn1. The van der Waals surface area contributed by atoms with Crippen LogP contribution < -0.4 is 4.74 Å². The molecule has 2 amide bonds. The first kappa shape index (κ1) is 40.3. The van der Waals surface area contributed by atoms with Crippen molar-refractivity contribution in [3.63, 3.8) is 0 Å². The van der Waals surface area contributed by atoms with Gasteiger partial charge in [0.1, 0.15) is 45.5 Å². The van der Waals surface area contributed by atoms with Crippen LogP contribution in [0.4, 0.5) is 0 Å². The molecule has 0 radical (unpaired) electrons. The average molecular weight is 769 g/mol. The topological polar surface area (TPSA) is 186 Å². The number of nitrogens with zero attached hydrogens (tertiary/aromatic N) is 8. The van der Waals surface area contributed by atoms with E-state index >= 15 is 0 Å². The normalized spacial score (nSPS) is 20.3. The van der Waals surface area contributed by atoms with E-state index in [4.69, 9.17) is 13.8 Å². The molecule has 2 fully saturated rings. The third kappa shape index (κ3) is 9.00. The molecule has 2 aliphatic rings. The molecule has 298 valence electrons. The minimum Gasteiger partial charge on any atom is -0.493 e. The van der Waals surface area contributed by atoms with Crippen LogP contribution in [0.2, 0.25) is 0 Å². The van der Waals surface area contributed by atoms with Crippen LogP contribution in [0, 0.1) is 0 Å². The zero-order chi connectivity index (χ0) is 40.2. The van der Waals surface area contributed by atoms with Gasteiger partial charge in [0.05, 0.1) is 17.7 Å². The molecule has 2 saturated heterocycles. The maximum atomic E-state index is 13.4. The lowest BCUT2D eigenvalue weighted by molar-refractivity contribution is 0.0583. The Labute approximate surface area is 326 Å². The van der Waals surface area contributed by atoms with E-state index in [1.165, 1.54) is 11.1 Å². The van der Waals surface area contributed by atoms with Crippen molar-refractivity contribution in [3.05, 3.63) is 101 Å². The summed E-state index contributed by atoms with van der Waals surface area (Å²) in [6, 6.07) is 18.4. The highest BCUT2D eigenvalue weighted by atomic mass is 16.5. The maximum Gasteiger partial charge on any atom is 0.257 e. The van der Waals surface area contributed by atoms with E-state index in [1.54, 1.807) is 52.0 Å². The van der Waals surface area contributed by atoms with Gasteiger partial charge in [-0.15, -0.1) is 15.0 Å². The zero-order valence-electron chi connectivity index (χ0n) is 33.1. The van der Waals surface area contributed by atoms with Gasteiger partial charge in [0.2, 0.25) is 0 Å². The predicted octanol–water partition coefficient (Wildman–Crippen LogP) is 6.00. The van der Waals surface area contributed by atoms with Crippen molar-refractivity contribution in [2.24, 2.45) is 0 Å². The quantitative estimate of drug-likeness (QED) is 0.179. The van der Waals surface area contributed by atoms with Gasteiger partial charge in [-0.3, -0.25) is 9.59 Å². The van der Waals surface area contributed by atoms with Gasteiger partial charge in [0.25, 0.3) is 11.8 Å². The number of para-hydroxylation sites is 2. The van der Waals surface area contributed by atoms with Gasteiger partial charge in [-0.25, -0.2) is 0 Å². The van der Waals surface area contributed by atoms with Crippen molar-refractivity contribution >= 4 is 11.8 Å². The molecule has 56 heavy (non-hydrogen) atoms. The maximum absolute atomic E-state index is 13.4. The van der Waals surface area contributed by atoms with E-state index < -0.39 is 11.2 Å². The lowest BCUT2D eigenvalue weighted by Gasteiger charge is -2.37. The highest BCUT2D eigenvalue weighted by Gasteiger charge is 2.36. The molecule has 5 aromatic rings. The molecule has 7 rings (SSSR count). The molecule has 0 aliphatic carbocycles. The lowest BCUT2D eigenvalue weighted by atomic mass is 9.90. The molecule has 15 nitrogen and oxygen atoms in total. The van der Waals surface area contributed by atoms with E-state index in [9.17, 15) is 19.8 Å². The van der Waals surface area contributed by atoms with Crippen LogP contribution in [-0.2, 0) is 11.2 Å². The van der Waals surface area contributed by atoms with Crippen LogP contribution in [0.3, 0.4) is 0 Å². The van der Waals surface area contributed by atoms with Crippen molar-refractivity contribution in [2.45, 2.75) is 109 Å². The summed E-state index contributed by atoms with van der Waals surface area (Å²) in [4.78, 5) is 31.7. The van der Waals surface area contributed by atoms with Gasteiger partial charge >= 0.3 is 0 Å². The van der Waals surface area contributed by atoms with Crippen LogP contribution >= 0.6 is 0 Å². The number of aliphatic hydroxyl groups is 2. The predicted molar refractivity (Wildman–Crippen MR) is 205 cm³/mol. The van der Waals surface area contributed by atoms with Crippen LogP contribution in [0.5, 0.6) is 5.75 Å². The minimum atomic E-state index is -1.07. The molecular weight excluding hydrogens is 716 g/mol. The molecule has 2 aliphatic heterocycles. The molecule has 5 heterocycles. The second-order valence-corrected chi connectivity index (χ2v) is 15.7. The second-order valence-electron chi connectivity index (χ2n) is 15.7. The number of aromatic nitrogens is 6. The van der Waals surface area contributed by atoms with E-state index in [2.05, 4.69) is 32.6 Å². The smallest absolute Gasteiger partial charge is 0.257 e. The summed E-state index contributed by atoms with van der Waals surface area (Å²) < 4.78 is 16.6. The van der Waals surface area contributed by atoms with Gasteiger partial charge in [0.15, 0.2) is 6.33 Å². The van der Waals surface area contributed by atoms with Crippen LogP contribution in [0.15, 0.2) is 76.0 Å². The molecular formula is C41H52N8O7. The number of amides is 2. The summed E-state index contributed by atoms with van der Waals surface area (Å²) in [5.74, 6) is 2.00. The standard InChI is InChI=1S/C21H28N2O4.C20H24N6O3/c1-5-26-17-9-7-6-8-16(17)20(24)23-13-15(11-10-14(23)2)18-12-19(22-27-18)21(3,4)25;1-13-8-9-14(17-10-18(23-29-17)20(2,3)28)11-25(13)19(27)15-6-4-5-7-16(15)26-22-12-21-24-26/h6-9,12,14-15,25H,5,10-11,13H2,1-4H3;4-7,10,12-14,28H,8-9,11H2,1-3H3/t14-,15-;13-,14-/m11/s1. The number of tetrazole rings is 1. The summed E-state index contributed by atoms with van der Waals surface area (Å²) >= 11 is 0. The first-order valence-electron chi connectivity index (χ1n) is 19.2. The Kier molecular flexibility index (Phi) is 12.0. The Bertz CT molecular complexity index is 2080. The number of piperidine rings is 2. The van der Waals surface area contributed by atoms with Gasteiger partial charge in [-0.1, -0.05) is 34.6 Å². The summed E-state index contributed by atoms with van der Waals surface area (Å²) in [5.41, 5.74) is 0.587. The molecule has 4 atom stereocenters. The third-order valence-electron chi connectivity index (χ3n) is 10.5. The highest BCUT2D eigenvalue weighted by molar-refractivity contribution is 5.98. The van der Waals surface area contributed by atoms with Gasteiger partial charge < -0.3 is 33.8 Å². The molecule has 2 N–H and O–H groups in total. The Morgan fingerprint density at radius 3 is 1.75 bits per heavy atom. The van der Waals surface area contributed by atoms with Crippen LogP contribution in [0.1, 0.15) is 130 Å². The number of hydrogen-bond donors (Lipinski definition) is 2. The Morgan fingerprint density at radius 2 is 1.27 bits per heavy atom. The van der Waals surface area contributed by atoms with Crippen molar-refractivity contribution < 1.29 is 33.6 Å². The Hall–Kier alpha value is -5.41. The molecule has 0 unspecified atom stereocenters. The molecule has 0 saturated carbocycles. The fraction of sp³-hybridized carbons (Fsp3) is 0.488. The van der Waals surface area contributed by atoms with E-state index in [0.29, 0.717) is 59.4 Å². The largest absolute Gasteiger partial charge is 0.493 e. The number of ether oxygens (including phenoxy) is 1. The van der Waals surface area contributed by atoms with E-state index in [0.717, 1.165) is 31.4 Å². The summed E-state index contributed by atoms with van der Waals surface area (Å²) in [5, 5.41) is 40.0. The summed E-state index contributed by atoms with van der Waals surface area (Å²) in [6.45, 7) is 14.3. The fourth-order valence-electron chi connectivity index (χ4n) is 7.12. The number of hydrogen-bond acceptors (Lipinski definition) is 12. The highest BCUT2D eigenvalue weighted by Crippen LogP contribution is 2.35. The Balaban J connectivity index is 0.000000190. The van der Waals surface area contributed by atoms with Crippen LogP contribution in [-0.4, -0.2) is 94.1 Å². The monoisotopic (exact) mass is 768 g/mol. The number of rotatable bonds is 9. The Morgan fingerprint density at radius 1 is 0.768 bits per heavy atom. The van der Waals surface area contributed by atoms with Gasteiger partial charge in [-0.05, 0) is 104 Å². The third-order valence-corrected chi connectivity index (χ3v) is 10.5. The van der Waals surface area contributed by atoms with Gasteiger partial charge in [-0.2, -0.15) is 0 Å². The van der Waals surface area contributed by atoms with Crippen molar-refractivity contribution in [3.8, 4) is 11.4 Å². The van der Waals surface area contributed by atoms with Crippen molar-refractivity contribution in [1.82, 2.24) is 40.3 Å². The number of carbonyl (C=O) groups is 2. The molecule has 0 bridgehead atoms. The first-order valence-corrected chi connectivity index (χ1v) is 19.2. The number of carbonyl (C=O) groups excluding carboxylic acids is 2. The van der Waals surface area contributed by atoms with Gasteiger partial charge in [0, 0.05) is 49.1 Å². The van der Waals surface area contributed by atoms with E-state index in [1.807, 2.05) is 60.0 Å². The summed E-state index contributed by atoms with van der Waals surface area (Å²) in [7, 11) is 0. The van der Waals surface area contributed by atoms with E-state index in [-0.39, 0.29) is 35.7 Å². The van der Waals surface area contributed by atoms with Crippen LogP contribution in [0.25, 0.3) is 5.69 Å². The molecule has 3 aromatic heterocycles. The van der Waals surface area contributed by atoms with Crippen molar-refractivity contribution in [1.29, 1.82) is 0 Å².